The van der Waals surface area contributed by atoms with Crippen LogP contribution in [0.25, 0.3) is 6.08 Å². The van der Waals surface area contributed by atoms with Crippen LogP contribution in [-0.2, 0) is 17.9 Å². The molecule has 0 saturated carbocycles. The predicted molar refractivity (Wildman–Crippen MR) is 95.9 cm³/mol. The van der Waals surface area contributed by atoms with Gasteiger partial charge in [-0.2, -0.15) is 0 Å². The lowest BCUT2D eigenvalue weighted by molar-refractivity contribution is -0.116. The fourth-order valence-electron chi connectivity index (χ4n) is 2.32. The summed E-state index contributed by atoms with van der Waals surface area (Å²) in [6, 6.07) is 16.4. The first-order chi connectivity index (χ1) is 11.0. The summed E-state index contributed by atoms with van der Waals surface area (Å²) in [7, 11) is 4.10. The average molecular weight is 308 g/mol. The molecule has 0 aliphatic rings. The van der Waals surface area contributed by atoms with Crippen molar-refractivity contribution in [3.05, 3.63) is 76.9 Å². The molecule has 0 spiro atoms. The number of hydrogen-bond donors (Lipinski definition) is 1. The van der Waals surface area contributed by atoms with Crippen molar-refractivity contribution < 1.29 is 4.79 Å². The smallest absolute Gasteiger partial charge is 0.244 e. The predicted octanol–water partition coefficient (Wildman–Crippen LogP) is 3.39. The highest BCUT2D eigenvalue weighted by Gasteiger charge is 1.99. The highest BCUT2D eigenvalue weighted by atomic mass is 16.1. The largest absolute Gasteiger partial charge is 0.348 e. The molecule has 0 saturated heterocycles. The van der Waals surface area contributed by atoms with Crippen LogP contribution in [0.15, 0.2) is 54.6 Å². The van der Waals surface area contributed by atoms with Crippen molar-refractivity contribution >= 4 is 12.0 Å². The van der Waals surface area contributed by atoms with Crippen LogP contribution in [0.5, 0.6) is 0 Å². The fraction of sp³-hybridized carbons (Fsp3) is 0.250. The van der Waals surface area contributed by atoms with Crippen LogP contribution in [0, 0.1) is 6.92 Å². The molecule has 0 heterocycles. The van der Waals surface area contributed by atoms with Gasteiger partial charge in [0.25, 0.3) is 0 Å². The van der Waals surface area contributed by atoms with Gasteiger partial charge in [-0.15, -0.1) is 0 Å². The number of rotatable bonds is 6. The van der Waals surface area contributed by atoms with E-state index in [0.29, 0.717) is 6.54 Å². The number of amides is 1. The van der Waals surface area contributed by atoms with Crippen LogP contribution in [0.2, 0.25) is 0 Å². The summed E-state index contributed by atoms with van der Waals surface area (Å²) in [6.45, 7) is 3.50. The molecule has 1 amide bonds. The maximum Gasteiger partial charge on any atom is 0.244 e. The van der Waals surface area contributed by atoms with E-state index in [2.05, 4.69) is 48.6 Å². The Balaban J connectivity index is 1.84. The second kappa shape index (κ2) is 8.30. The Morgan fingerprint density at radius 3 is 2.43 bits per heavy atom. The summed E-state index contributed by atoms with van der Waals surface area (Å²) < 4.78 is 0. The first-order valence-corrected chi connectivity index (χ1v) is 7.78. The molecule has 23 heavy (non-hydrogen) atoms. The van der Waals surface area contributed by atoms with Crippen molar-refractivity contribution in [1.29, 1.82) is 0 Å². The molecule has 0 unspecified atom stereocenters. The summed E-state index contributed by atoms with van der Waals surface area (Å²) in [5.41, 5.74) is 4.59. The van der Waals surface area contributed by atoms with E-state index in [1.165, 1.54) is 11.1 Å². The zero-order chi connectivity index (χ0) is 16.7. The highest BCUT2D eigenvalue weighted by Crippen LogP contribution is 2.07. The maximum atomic E-state index is 11.9. The van der Waals surface area contributed by atoms with Gasteiger partial charge in [0.15, 0.2) is 0 Å². The van der Waals surface area contributed by atoms with Gasteiger partial charge in [-0.25, -0.2) is 0 Å². The molecule has 0 atom stereocenters. The zero-order valence-corrected chi connectivity index (χ0v) is 14.0. The summed E-state index contributed by atoms with van der Waals surface area (Å²) in [4.78, 5) is 14.0. The molecule has 120 valence electrons. The Kier molecular flexibility index (Phi) is 6.12. The van der Waals surface area contributed by atoms with Gasteiger partial charge >= 0.3 is 0 Å². The molecule has 3 heteroatoms. The number of nitrogens with zero attached hydrogens (tertiary/aromatic N) is 1. The Labute approximate surface area is 138 Å². The molecular weight excluding hydrogens is 284 g/mol. The van der Waals surface area contributed by atoms with Gasteiger partial charge in [0, 0.05) is 19.2 Å². The molecule has 0 aliphatic heterocycles. The summed E-state index contributed by atoms with van der Waals surface area (Å²) in [5, 5.41) is 2.91. The molecule has 2 aromatic carbocycles. The fourth-order valence-corrected chi connectivity index (χ4v) is 2.32. The minimum atomic E-state index is -0.0797. The van der Waals surface area contributed by atoms with E-state index in [4.69, 9.17) is 0 Å². The summed E-state index contributed by atoms with van der Waals surface area (Å²) >= 11 is 0. The van der Waals surface area contributed by atoms with Gasteiger partial charge in [-0.1, -0.05) is 54.1 Å². The van der Waals surface area contributed by atoms with Crippen LogP contribution >= 0.6 is 0 Å². The second-order valence-corrected chi connectivity index (χ2v) is 6.02. The van der Waals surface area contributed by atoms with Crippen molar-refractivity contribution in [1.82, 2.24) is 10.2 Å². The molecule has 0 bridgehead atoms. The van der Waals surface area contributed by atoms with Crippen LogP contribution in [0.4, 0.5) is 0 Å². The summed E-state index contributed by atoms with van der Waals surface area (Å²) in [5.74, 6) is -0.0797. The number of carbonyl (C=O) groups excluding carboxylic acids is 1. The van der Waals surface area contributed by atoms with E-state index in [1.54, 1.807) is 6.08 Å². The monoisotopic (exact) mass is 308 g/mol. The van der Waals surface area contributed by atoms with E-state index in [9.17, 15) is 4.79 Å². The molecule has 2 aromatic rings. The number of carbonyl (C=O) groups is 1. The van der Waals surface area contributed by atoms with Gasteiger partial charge in [0.1, 0.15) is 0 Å². The van der Waals surface area contributed by atoms with Gasteiger partial charge in [0.05, 0.1) is 0 Å². The first-order valence-electron chi connectivity index (χ1n) is 7.78. The van der Waals surface area contributed by atoms with Crippen molar-refractivity contribution in [2.24, 2.45) is 0 Å². The Morgan fingerprint density at radius 2 is 1.78 bits per heavy atom. The summed E-state index contributed by atoms with van der Waals surface area (Å²) in [6.07, 6.45) is 3.41. The third kappa shape index (κ3) is 6.09. The molecule has 3 nitrogen and oxygen atoms in total. The standard InChI is InChI=1S/C20H24N2O/c1-16-5-4-6-17(13-16)11-12-20(23)21-14-18-7-9-19(10-8-18)15-22(2)3/h4-13H,14-15H2,1-3H3,(H,21,23)/b12-11+. The van der Waals surface area contributed by atoms with E-state index < -0.39 is 0 Å². The normalized spacial score (nSPS) is 11.1. The number of hydrogen-bond acceptors (Lipinski definition) is 2. The quantitative estimate of drug-likeness (QED) is 0.830. The molecule has 2 rings (SSSR count). The van der Waals surface area contributed by atoms with Crippen LogP contribution in [0.3, 0.4) is 0 Å². The maximum absolute atomic E-state index is 11.9. The first kappa shape index (κ1) is 17.0. The van der Waals surface area contributed by atoms with E-state index >= 15 is 0 Å². The molecule has 0 radical (unpaired) electrons. The number of aryl methyl sites for hydroxylation is 1. The van der Waals surface area contributed by atoms with E-state index in [-0.39, 0.29) is 5.91 Å². The lowest BCUT2D eigenvalue weighted by Gasteiger charge is -2.10. The minimum Gasteiger partial charge on any atom is -0.348 e. The van der Waals surface area contributed by atoms with Crippen LogP contribution in [0.1, 0.15) is 22.3 Å². The second-order valence-electron chi connectivity index (χ2n) is 6.02. The van der Waals surface area contributed by atoms with Crippen molar-refractivity contribution in [3.63, 3.8) is 0 Å². The molecule has 0 aliphatic carbocycles. The van der Waals surface area contributed by atoms with Gasteiger partial charge in [-0.05, 0) is 43.8 Å². The van der Waals surface area contributed by atoms with Gasteiger partial charge in [0.2, 0.25) is 5.91 Å². The highest BCUT2D eigenvalue weighted by molar-refractivity contribution is 5.91. The molecular formula is C20H24N2O. The van der Waals surface area contributed by atoms with Gasteiger partial charge < -0.3 is 10.2 Å². The molecule has 0 aromatic heterocycles. The molecule has 0 fully saturated rings. The SMILES string of the molecule is Cc1cccc(/C=C/C(=O)NCc2ccc(CN(C)C)cc2)c1. The average Bonchev–Trinajstić information content (AvgIpc) is 2.52. The van der Waals surface area contributed by atoms with Crippen molar-refractivity contribution in [3.8, 4) is 0 Å². The van der Waals surface area contributed by atoms with Crippen molar-refractivity contribution in [2.75, 3.05) is 14.1 Å². The minimum absolute atomic E-state index is 0.0797. The van der Waals surface area contributed by atoms with Crippen LogP contribution < -0.4 is 5.32 Å². The van der Waals surface area contributed by atoms with E-state index in [1.807, 2.05) is 37.3 Å². The Hall–Kier alpha value is -2.39. The van der Waals surface area contributed by atoms with E-state index in [0.717, 1.165) is 17.7 Å². The molecule has 1 N–H and O–H groups in total. The van der Waals surface area contributed by atoms with Crippen LogP contribution in [-0.4, -0.2) is 24.9 Å². The van der Waals surface area contributed by atoms with Crippen molar-refractivity contribution in [2.45, 2.75) is 20.0 Å². The third-order valence-corrected chi connectivity index (χ3v) is 3.46. The third-order valence-electron chi connectivity index (χ3n) is 3.46. The topological polar surface area (TPSA) is 32.3 Å². The zero-order valence-electron chi connectivity index (χ0n) is 14.0. The number of nitrogens with one attached hydrogen (secondary N) is 1. The Morgan fingerprint density at radius 1 is 1.09 bits per heavy atom. The lowest BCUT2D eigenvalue weighted by Crippen LogP contribution is -2.20. The lowest BCUT2D eigenvalue weighted by atomic mass is 10.1. The Bertz CT molecular complexity index is 672. The number of benzene rings is 2. The van der Waals surface area contributed by atoms with Gasteiger partial charge in [-0.3, -0.25) is 4.79 Å².